The van der Waals surface area contributed by atoms with E-state index in [2.05, 4.69) is 37.4 Å². The summed E-state index contributed by atoms with van der Waals surface area (Å²) in [6.45, 7) is 2.10. The van der Waals surface area contributed by atoms with Gasteiger partial charge < -0.3 is 29.8 Å². The maximum atomic E-state index is 6.44. The molecule has 10 nitrogen and oxygen atoms in total. The van der Waals surface area contributed by atoms with E-state index >= 15 is 0 Å². The molecule has 0 aliphatic carbocycles. The lowest BCUT2D eigenvalue weighted by Crippen LogP contribution is -2.35. The second kappa shape index (κ2) is 9.70. The van der Waals surface area contributed by atoms with Gasteiger partial charge in [0, 0.05) is 18.8 Å². The second-order valence-electron chi connectivity index (χ2n) is 8.09. The number of anilines is 3. The molecule has 0 amide bonds. The number of rotatable bonds is 7. The van der Waals surface area contributed by atoms with Crippen LogP contribution in [-0.2, 0) is 6.61 Å². The Hall–Kier alpha value is -3.63. The molecule has 0 unspecified atom stereocenters. The van der Waals surface area contributed by atoms with Crippen LogP contribution in [0.4, 0.5) is 17.5 Å². The third-order valence-corrected chi connectivity index (χ3v) is 5.91. The van der Waals surface area contributed by atoms with E-state index in [0.717, 1.165) is 48.3 Å². The van der Waals surface area contributed by atoms with Gasteiger partial charge in [0.1, 0.15) is 29.7 Å². The zero-order valence-electron chi connectivity index (χ0n) is 18.6. The molecular formula is C23H24ClN7O3. The molecule has 0 atom stereocenters. The molecule has 11 heteroatoms. The number of piperidine rings is 1. The molecule has 176 valence electrons. The predicted molar refractivity (Wildman–Crippen MR) is 128 cm³/mol. The van der Waals surface area contributed by atoms with Crippen molar-refractivity contribution in [2.45, 2.75) is 25.6 Å². The minimum absolute atomic E-state index is 0.0134. The van der Waals surface area contributed by atoms with E-state index in [-0.39, 0.29) is 24.6 Å². The summed E-state index contributed by atoms with van der Waals surface area (Å²) in [4.78, 5) is 11.2. The number of nitrogens with zero attached hydrogens (tertiary/aromatic N) is 5. The average molecular weight is 482 g/mol. The summed E-state index contributed by atoms with van der Waals surface area (Å²) in [5, 5.41) is 11.9. The van der Waals surface area contributed by atoms with Crippen LogP contribution in [0.25, 0.3) is 10.9 Å². The molecule has 0 spiro atoms. The monoisotopic (exact) mass is 481 g/mol. The average Bonchev–Trinajstić information content (AvgIpc) is 3.25. The second-order valence-corrected chi connectivity index (χ2v) is 8.49. The number of nitrogen functional groups attached to an aromatic ring is 1. The molecule has 3 N–H and O–H groups in total. The number of nitrogens with two attached hydrogens (primary N) is 1. The first-order valence-electron chi connectivity index (χ1n) is 10.9. The van der Waals surface area contributed by atoms with Crippen molar-refractivity contribution in [3.63, 3.8) is 0 Å². The summed E-state index contributed by atoms with van der Waals surface area (Å²) in [6, 6.07) is 11.2. The fourth-order valence-corrected chi connectivity index (χ4v) is 4.09. The Morgan fingerprint density at radius 1 is 1.15 bits per heavy atom. The van der Waals surface area contributed by atoms with E-state index in [1.807, 2.05) is 24.3 Å². The van der Waals surface area contributed by atoms with E-state index in [1.165, 1.54) is 6.33 Å². The molecule has 1 fully saturated rings. The number of halogens is 1. The van der Waals surface area contributed by atoms with Gasteiger partial charge in [-0.1, -0.05) is 22.8 Å². The molecule has 34 heavy (non-hydrogen) atoms. The Morgan fingerprint density at radius 2 is 2.00 bits per heavy atom. The summed E-state index contributed by atoms with van der Waals surface area (Å²) < 4.78 is 17.2. The lowest BCUT2D eigenvalue weighted by Gasteiger charge is -2.29. The number of benzene rings is 2. The van der Waals surface area contributed by atoms with Gasteiger partial charge in [-0.15, -0.1) is 5.10 Å². The van der Waals surface area contributed by atoms with Crippen LogP contribution < -0.4 is 20.5 Å². The number of aromatic nitrogens is 4. The standard InChI is InChI=1S/C23H24ClN7O3/c1-31-9-7-15(8-10-31)33-19-4-2-3-17-21(19)22(27-13-26-17)28-14-5-6-18(16(24)11-14)32-12-20-29-30-23(25)34-20/h2-6,11,13,15H,7-10,12H2,1H3,(H2,25,30)(H,26,27,28). The number of hydrogen-bond donors (Lipinski definition) is 2. The van der Waals surface area contributed by atoms with Crippen LogP contribution in [-0.4, -0.2) is 51.3 Å². The lowest BCUT2D eigenvalue weighted by atomic mass is 10.1. The van der Waals surface area contributed by atoms with Crippen LogP contribution in [0.1, 0.15) is 18.7 Å². The first-order valence-corrected chi connectivity index (χ1v) is 11.3. The highest BCUT2D eigenvalue weighted by Crippen LogP contribution is 2.35. The number of hydrogen-bond acceptors (Lipinski definition) is 10. The van der Waals surface area contributed by atoms with Crippen LogP contribution in [0.3, 0.4) is 0 Å². The van der Waals surface area contributed by atoms with Crippen LogP contribution >= 0.6 is 11.6 Å². The highest BCUT2D eigenvalue weighted by molar-refractivity contribution is 6.32. The normalized spacial score (nSPS) is 14.9. The minimum Gasteiger partial charge on any atom is -0.489 e. The molecule has 1 aliphatic rings. The van der Waals surface area contributed by atoms with Gasteiger partial charge >= 0.3 is 6.01 Å². The van der Waals surface area contributed by atoms with Gasteiger partial charge in [0.15, 0.2) is 6.61 Å². The predicted octanol–water partition coefficient (Wildman–Crippen LogP) is 4.04. The van der Waals surface area contributed by atoms with Gasteiger partial charge in [-0.3, -0.25) is 0 Å². The largest absolute Gasteiger partial charge is 0.489 e. The highest BCUT2D eigenvalue weighted by atomic mass is 35.5. The third-order valence-electron chi connectivity index (χ3n) is 5.61. The molecule has 4 aromatic rings. The number of nitrogens with one attached hydrogen (secondary N) is 1. The van der Waals surface area contributed by atoms with Crippen LogP contribution in [0.15, 0.2) is 47.1 Å². The van der Waals surface area contributed by atoms with E-state index in [4.69, 9.17) is 31.2 Å². The molecule has 5 rings (SSSR count). The van der Waals surface area contributed by atoms with Crippen molar-refractivity contribution in [3.05, 3.63) is 53.6 Å². The Kier molecular flexibility index (Phi) is 6.33. The number of fused-ring (bicyclic) bond motifs is 1. The van der Waals surface area contributed by atoms with Crippen LogP contribution in [0.5, 0.6) is 11.5 Å². The fraction of sp³-hybridized carbons (Fsp3) is 0.304. The van der Waals surface area contributed by atoms with Gasteiger partial charge in [-0.05, 0) is 50.2 Å². The van der Waals surface area contributed by atoms with Gasteiger partial charge in [-0.25, -0.2) is 9.97 Å². The number of ether oxygens (including phenoxy) is 2. The zero-order chi connectivity index (χ0) is 23.5. The first kappa shape index (κ1) is 22.2. The Bertz CT molecular complexity index is 1290. The van der Waals surface area contributed by atoms with Gasteiger partial charge in [0.25, 0.3) is 5.89 Å². The van der Waals surface area contributed by atoms with Crippen molar-refractivity contribution in [1.82, 2.24) is 25.1 Å². The minimum atomic E-state index is -0.0134. The van der Waals surface area contributed by atoms with Crippen molar-refractivity contribution in [1.29, 1.82) is 0 Å². The fourth-order valence-electron chi connectivity index (χ4n) is 3.85. The van der Waals surface area contributed by atoms with Crippen molar-refractivity contribution >= 4 is 40.0 Å². The molecule has 1 aliphatic heterocycles. The third kappa shape index (κ3) is 4.97. The van der Waals surface area contributed by atoms with E-state index in [9.17, 15) is 0 Å². The smallest absolute Gasteiger partial charge is 0.312 e. The topological polar surface area (TPSA) is 124 Å². The molecule has 0 saturated carbocycles. The summed E-state index contributed by atoms with van der Waals surface area (Å²) in [5.74, 6) is 2.14. The molecule has 1 saturated heterocycles. The summed E-state index contributed by atoms with van der Waals surface area (Å²) in [7, 11) is 2.13. The van der Waals surface area contributed by atoms with Crippen LogP contribution in [0, 0.1) is 0 Å². The highest BCUT2D eigenvalue weighted by Gasteiger charge is 2.20. The summed E-state index contributed by atoms with van der Waals surface area (Å²) in [6.07, 6.45) is 3.65. The maximum Gasteiger partial charge on any atom is 0.312 e. The Balaban J connectivity index is 1.35. The first-order chi connectivity index (χ1) is 16.5. The van der Waals surface area contributed by atoms with E-state index in [0.29, 0.717) is 16.6 Å². The Labute approximate surface area is 201 Å². The van der Waals surface area contributed by atoms with Crippen molar-refractivity contribution in [2.24, 2.45) is 0 Å². The molecule has 0 bridgehead atoms. The molecule has 2 aromatic heterocycles. The molecule has 0 radical (unpaired) electrons. The van der Waals surface area contributed by atoms with Crippen molar-refractivity contribution in [3.8, 4) is 11.5 Å². The van der Waals surface area contributed by atoms with Crippen molar-refractivity contribution < 1.29 is 13.9 Å². The molecule has 3 heterocycles. The Morgan fingerprint density at radius 3 is 2.76 bits per heavy atom. The van der Waals surface area contributed by atoms with Gasteiger partial charge in [-0.2, -0.15) is 0 Å². The summed E-state index contributed by atoms with van der Waals surface area (Å²) >= 11 is 6.44. The SMILES string of the molecule is CN1CCC(Oc2cccc3ncnc(Nc4ccc(OCc5nnc(N)o5)c(Cl)c4)c23)CC1. The van der Waals surface area contributed by atoms with Crippen LogP contribution in [0.2, 0.25) is 5.02 Å². The van der Waals surface area contributed by atoms with Gasteiger partial charge in [0.05, 0.1) is 15.9 Å². The van der Waals surface area contributed by atoms with Crippen molar-refractivity contribution in [2.75, 3.05) is 31.2 Å². The zero-order valence-corrected chi connectivity index (χ0v) is 19.3. The maximum absolute atomic E-state index is 6.44. The van der Waals surface area contributed by atoms with Gasteiger partial charge in [0.2, 0.25) is 0 Å². The molecule has 2 aromatic carbocycles. The van der Waals surface area contributed by atoms with E-state index < -0.39 is 0 Å². The van der Waals surface area contributed by atoms with E-state index in [1.54, 1.807) is 12.1 Å². The molecular weight excluding hydrogens is 458 g/mol. The lowest BCUT2D eigenvalue weighted by molar-refractivity contribution is 0.116. The quantitative estimate of drug-likeness (QED) is 0.399. The number of likely N-dealkylation sites (tertiary alicyclic amines) is 1. The summed E-state index contributed by atoms with van der Waals surface area (Å²) in [5.41, 5.74) is 6.97.